The van der Waals surface area contributed by atoms with Crippen LogP contribution in [0, 0.1) is 0 Å². The Balaban J connectivity index is 2.95. The third kappa shape index (κ3) is 1.86. The van der Waals surface area contributed by atoms with E-state index >= 15 is 0 Å². The summed E-state index contributed by atoms with van der Waals surface area (Å²) in [4.78, 5) is 17.4. The molecule has 0 bridgehead atoms. The Kier molecular flexibility index (Phi) is 2.66. The first-order valence-corrected chi connectivity index (χ1v) is 4.28. The number of likely N-dealkylation sites (tertiary alicyclic amines) is 1. The summed E-state index contributed by atoms with van der Waals surface area (Å²) < 4.78 is 0. The van der Waals surface area contributed by atoms with Crippen LogP contribution in [0.15, 0.2) is 29.4 Å². The summed E-state index contributed by atoms with van der Waals surface area (Å²) in [6.45, 7) is 12.4. The van der Waals surface area contributed by atoms with Gasteiger partial charge in [0.1, 0.15) is 5.71 Å². The van der Waals surface area contributed by atoms with Crippen molar-refractivity contribution in [3.63, 3.8) is 0 Å². The molecule has 13 heavy (non-hydrogen) atoms. The van der Waals surface area contributed by atoms with Crippen molar-refractivity contribution in [3.8, 4) is 0 Å². The third-order valence-electron chi connectivity index (χ3n) is 1.89. The monoisotopic (exact) mass is 178 g/mol. The summed E-state index contributed by atoms with van der Waals surface area (Å²) in [6.07, 6.45) is 0. The Morgan fingerprint density at radius 3 is 2.69 bits per heavy atom. The molecule has 70 valence electrons. The number of hydrogen-bond acceptors (Lipinski definition) is 2. The molecule has 3 heteroatoms. The van der Waals surface area contributed by atoms with E-state index in [0.717, 1.165) is 5.57 Å². The van der Waals surface area contributed by atoms with Gasteiger partial charge in [-0.1, -0.05) is 13.2 Å². The van der Waals surface area contributed by atoms with E-state index in [1.165, 1.54) is 0 Å². The predicted molar refractivity (Wildman–Crippen MR) is 53.6 cm³/mol. The third-order valence-corrected chi connectivity index (χ3v) is 1.89. The number of rotatable bonds is 2. The van der Waals surface area contributed by atoms with Gasteiger partial charge in [-0.2, -0.15) is 0 Å². The van der Waals surface area contributed by atoms with E-state index in [1.54, 1.807) is 11.8 Å². The average Bonchev–Trinajstić information content (AvgIpc) is 2.31. The standard InChI is InChI=1S/C10H14N2O/c1-5-12-6-8(4)9(10(12)13)11-7(2)3/h2,4-6H2,1,3H3. The Labute approximate surface area is 78.5 Å². The number of nitrogens with zero attached hydrogens (tertiary/aromatic N) is 2. The largest absolute Gasteiger partial charge is 0.333 e. The molecule has 0 aromatic carbocycles. The predicted octanol–water partition coefficient (Wildman–Crippen LogP) is 1.38. The molecule has 1 rings (SSSR count). The second-order valence-corrected chi connectivity index (χ2v) is 3.12. The first-order chi connectivity index (χ1) is 6.06. The van der Waals surface area contributed by atoms with Crippen LogP contribution in [0.25, 0.3) is 0 Å². The van der Waals surface area contributed by atoms with E-state index in [4.69, 9.17) is 0 Å². The highest BCUT2D eigenvalue weighted by Gasteiger charge is 2.29. The molecule has 3 nitrogen and oxygen atoms in total. The van der Waals surface area contributed by atoms with E-state index in [-0.39, 0.29) is 5.91 Å². The van der Waals surface area contributed by atoms with Crippen LogP contribution < -0.4 is 0 Å². The minimum absolute atomic E-state index is 0.0319. The molecule has 0 N–H and O–H groups in total. The topological polar surface area (TPSA) is 32.7 Å². The SMILES string of the molecule is C=C(C)N=C1C(=C)CN(CC)C1=O. The quantitative estimate of drug-likeness (QED) is 0.628. The second-order valence-electron chi connectivity index (χ2n) is 3.12. The van der Waals surface area contributed by atoms with Gasteiger partial charge in [-0.3, -0.25) is 4.79 Å². The van der Waals surface area contributed by atoms with Gasteiger partial charge in [0.25, 0.3) is 5.91 Å². The van der Waals surface area contributed by atoms with Crippen molar-refractivity contribution < 1.29 is 4.79 Å². The van der Waals surface area contributed by atoms with Gasteiger partial charge in [0, 0.05) is 18.8 Å². The van der Waals surface area contributed by atoms with Gasteiger partial charge >= 0.3 is 0 Å². The number of aliphatic imine (C=N–C) groups is 1. The lowest BCUT2D eigenvalue weighted by Gasteiger charge is -2.09. The fourth-order valence-electron chi connectivity index (χ4n) is 1.25. The number of carbonyl (C=O) groups is 1. The molecule has 0 radical (unpaired) electrons. The van der Waals surface area contributed by atoms with Crippen LogP contribution in [0.5, 0.6) is 0 Å². The summed E-state index contributed by atoms with van der Waals surface area (Å²) >= 11 is 0. The molecule has 1 aliphatic heterocycles. The number of allylic oxidation sites excluding steroid dienone is 1. The van der Waals surface area contributed by atoms with E-state index in [1.807, 2.05) is 6.92 Å². The van der Waals surface area contributed by atoms with Crippen molar-refractivity contribution >= 4 is 11.6 Å². The van der Waals surface area contributed by atoms with Gasteiger partial charge in [0.2, 0.25) is 0 Å². The molecule has 0 aromatic heterocycles. The van der Waals surface area contributed by atoms with Gasteiger partial charge in [-0.05, 0) is 19.4 Å². The Bertz CT molecular complexity index is 302. The van der Waals surface area contributed by atoms with Gasteiger partial charge in [-0.15, -0.1) is 0 Å². The average molecular weight is 178 g/mol. The zero-order chi connectivity index (χ0) is 10.0. The molecule has 0 atom stereocenters. The van der Waals surface area contributed by atoms with Crippen molar-refractivity contribution in [3.05, 3.63) is 24.4 Å². The normalized spacial score (nSPS) is 20.2. The highest BCUT2D eigenvalue weighted by Crippen LogP contribution is 2.13. The molecule has 1 aliphatic rings. The lowest BCUT2D eigenvalue weighted by Crippen LogP contribution is -2.26. The molecular weight excluding hydrogens is 164 g/mol. The maximum absolute atomic E-state index is 11.6. The molecule has 0 saturated carbocycles. The lowest BCUT2D eigenvalue weighted by molar-refractivity contribution is -0.122. The molecular formula is C10H14N2O. The Morgan fingerprint density at radius 2 is 2.31 bits per heavy atom. The first kappa shape index (κ1) is 9.71. The molecule has 1 fully saturated rings. The van der Waals surface area contributed by atoms with Crippen LogP contribution >= 0.6 is 0 Å². The second kappa shape index (κ2) is 3.56. The van der Waals surface area contributed by atoms with E-state index in [9.17, 15) is 4.79 Å². The molecule has 0 aliphatic carbocycles. The van der Waals surface area contributed by atoms with Crippen LogP contribution in [-0.4, -0.2) is 29.6 Å². The molecule has 0 unspecified atom stereocenters. The lowest BCUT2D eigenvalue weighted by atomic mass is 10.2. The van der Waals surface area contributed by atoms with Gasteiger partial charge in [-0.25, -0.2) is 4.99 Å². The van der Waals surface area contributed by atoms with E-state index in [2.05, 4.69) is 18.2 Å². The first-order valence-electron chi connectivity index (χ1n) is 4.28. The molecule has 1 amide bonds. The Hall–Kier alpha value is -1.38. The molecule has 0 aromatic rings. The van der Waals surface area contributed by atoms with E-state index < -0.39 is 0 Å². The zero-order valence-corrected chi connectivity index (χ0v) is 8.13. The molecule has 0 spiro atoms. The smallest absolute Gasteiger partial charge is 0.273 e. The van der Waals surface area contributed by atoms with Crippen LogP contribution in [0.3, 0.4) is 0 Å². The maximum atomic E-state index is 11.6. The van der Waals surface area contributed by atoms with Crippen molar-refractivity contribution in [2.24, 2.45) is 4.99 Å². The number of carbonyl (C=O) groups excluding carboxylic acids is 1. The van der Waals surface area contributed by atoms with Crippen molar-refractivity contribution in [1.82, 2.24) is 4.90 Å². The van der Waals surface area contributed by atoms with Gasteiger partial charge in [0.15, 0.2) is 0 Å². The zero-order valence-electron chi connectivity index (χ0n) is 8.13. The summed E-state index contributed by atoms with van der Waals surface area (Å²) in [6, 6.07) is 0. The fourth-order valence-corrected chi connectivity index (χ4v) is 1.25. The highest BCUT2D eigenvalue weighted by atomic mass is 16.2. The molecule has 1 heterocycles. The summed E-state index contributed by atoms with van der Waals surface area (Å²) in [5.41, 5.74) is 1.90. The van der Waals surface area contributed by atoms with E-state index in [0.29, 0.717) is 24.5 Å². The summed E-state index contributed by atoms with van der Waals surface area (Å²) in [5, 5.41) is 0. The minimum atomic E-state index is -0.0319. The summed E-state index contributed by atoms with van der Waals surface area (Å²) in [5.74, 6) is -0.0319. The van der Waals surface area contributed by atoms with Crippen molar-refractivity contribution in [1.29, 1.82) is 0 Å². The van der Waals surface area contributed by atoms with Crippen molar-refractivity contribution in [2.75, 3.05) is 13.1 Å². The number of amides is 1. The van der Waals surface area contributed by atoms with Gasteiger partial charge in [0.05, 0.1) is 0 Å². The summed E-state index contributed by atoms with van der Waals surface area (Å²) in [7, 11) is 0. The maximum Gasteiger partial charge on any atom is 0.273 e. The van der Waals surface area contributed by atoms with Crippen LogP contribution in [0.1, 0.15) is 13.8 Å². The number of hydrogen-bond donors (Lipinski definition) is 0. The molecule has 1 saturated heterocycles. The van der Waals surface area contributed by atoms with Gasteiger partial charge < -0.3 is 4.90 Å². The van der Waals surface area contributed by atoms with Crippen LogP contribution in [0.4, 0.5) is 0 Å². The van der Waals surface area contributed by atoms with Crippen molar-refractivity contribution in [2.45, 2.75) is 13.8 Å². The number of likely N-dealkylation sites (N-methyl/N-ethyl adjacent to an activating group) is 1. The Morgan fingerprint density at radius 1 is 1.69 bits per heavy atom. The highest BCUT2D eigenvalue weighted by molar-refractivity contribution is 6.47. The fraction of sp³-hybridized carbons (Fsp3) is 0.400. The minimum Gasteiger partial charge on any atom is -0.333 e. The van der Waals surface area contributed by atoms with Crippen LogP contribution in [0.2, 0.25) is 0 Å². The van der Waals surface area contributed by atoms with Crippen LogP contribution in [-0.2, 0) is 4.79 Å².